The molecular formula is C10H8F2N4O. The highest BCUT2D eigenvalue weighted by molar-refractivity contribution is 6.03. The van der Waals surface area contributed by atoms with Crippen molar-refractivity contribution in [3.8, 4) is 0 Å². The van der Waals surface area contributed by atoms with Crippen LogP contribution in [0.5, 0.6) is 0 Å². The summed E-state index contributed by atoms with van der Waals surface area (Å²) in [5.74, 6) is -1.74. The molecule has 0 bridgehead atoms. The number of H-pyrrole nitrogens is 1. The Labute approximate surface area is 94.9 Å². The van der Waals surface area contributed by atoms with Crippen LogP contribution in [0.4, 0.5) is 14.7 Å². The van der Waals surface area contributed by atoms with E-state index in [9.17, 15) is 13.6 Å². The summed E-state index contributed by atoms with van der Waals surface area (Å²) in [7, 11) is 0. The molecule has 2 rings (SSSR count). The summed E-state index contributed by atoms with van der Waals surface area (Å²) in [4.78, 5) is 15.4. The highest BCUT2D eigenvalue weighted by atomic mass is 19.1. The summed E-state index contributed by atoms with van der Waals surface area (Å²) < 4.78 is 25.7. The molecule has 88 valence electrons. The van der Waals surface area contributed by atoms with Gasteiger partial charge in [-0.05, 0) is 19.1 Å². The van der Waals surface area contributed by atoms with Crippen LogP contribution in [0.15, 0.2) is 18.2 Å². The Hall–Kier alpha value is -2.31. The van der Waals surface area contributed by atoms with Crippen molar-refractivity contribution in [1.29, 1.82) is 0 Å². The number of halogens is 2. The molecule has 0 aliphatic rings. The molecule has 2 aromatic rings. The predicted octanol–water partition coefficient (Wildman–Crippen LogP) is 1.64. The van der Waals surface area contributed by atoms with Crippen LogP contribution in [-0.2, 0) is 0 Å². The van der Waals surface area contributed by atoms with Gasteiger partial charge in [-0.25, -0.2) is 8.78 Å². The first kappa shape index (κ1) is 11.2. The number of aryl methyl sites for hydroxylation is 1. The van der Waals surface area contributed by atoms with Crippen molar-refractivity contribution in [3.05, 3.63) is 41.2 Å². The summed E-state index contributed by atoms with van der Waals surface area (Å²) in [6.45, 7) is 1.66. The van der Waals surface area contributed by atoms with Crippen LogP contribution in [-0.4, -0.2) is 21.1 Å². The number of aromatic nitrogens is 3. The molecule has 0 saturated heterocycles. The van der Waals surface area contributed by atoms with E-state index in [4.69, 9.17) is 0 Å². The summed E-state index contributed by atoms with van der Waals surface area (Å²) >= 11 is 0. The van der Waals surface area contributed by atoms with E-state index in [2.05, 4.69) is 20.5 Å². The molecule has 7 heteroatoms. The lowest BCUT2D eigenvalue weighted by Gasteiger charge is -2.01. The van der Waals surface area contributed by atoms with Crippen LogP contribution in [0.2, 0.25) is 0 Å². The lowest BCUT2D eigenvalue weighted by molar-refractivity contribution is 0.102. The van der Waals surface area contributed by atoms with Gasteiger partial charge in [-0.3, -0.25) is 15.2 Å². The maximum Gasteiger partial charge on any atom is 0.258 e. The SMILES string of the molecule is Cc1nc(NC(=O)c2cc(F)cc(F)c2)n[nH]1. The molecule has 0 atom stereocenters. The van der Waals surface area contributed by atoms with E-state index in [-0.39, 0.29) is 11.5 Å². The third kappa shape index (κ3) is 2.63. The first-order valence-electron chi connectivity index (χ1n) is 4.71. The lowest BCUT2D eigenvalue weighted by Crippen LogP contribution is -2.13. The van der Waals surface area contributed by atoms with Gasteiger partial charge in [0.15, 0.2) is 0 Å². The lowest BCUT2D eigenvalue weighted by atomic mass is 10.2. The van der Waals surface area contributed by atoms with Gasteiger partial charge in [0.2, 0.25) is 5.95 Å². The number of carbonyl (C=O) groups excluding carboxylic acids is 1. The molecule has 0 aliphatic carbocycles. The second kappa shape index (κ2) is 4.28. The monoisotopic (exact) mass is 238 g/mol. The molecule has 0 aliphatic heterocycles. The molecule has 0 saturated carbocycles. The number of carbonyl (C=O) groups is 1. The van der Waals surface area contributed by atoms with Gasteiger partial charge in [-0.2, -0.15) is 4.98 Å². The summed E-state index contributed by atoms with van der Waals surface area (Å²) in [5.41, 5.74) is -0.134. The van der Waals surface area contributed by atoms with E-state index in [1.165, 1.54) is 0 Å². The molecule has 1 heterocycles. The minimum absolute atomic E-state index is 0.0529. The van der Waals surface area contributed by atoms with Crippen molar-refractivity contribution in [1.82, 2.24) is 15.2 Å². The van der Waals surface area contributed by atoms with Crippen molar-refractivity contribution in [3.63, 3.8) is 0 Å². The van der Waals surface area contributed by atoms with E-state index in [1.807, 2.05) is 0 Å². The second-order valence-corrected chi connectivity index (χ2v) is 3.36. The minimum atomic E-state index is -0.818. The van der Waals surface area contributed by atoms with Gasteiger partial charge in [0, 0.05) is 11.6 Å². The molecule has 5 nitrogen and oxygen atoms in total. The number of benzene rings is 1. The Morgan fingerprint density at radius 1 is 1.29 bits per heavy atom. The van der Waals surface area contributed by atoms with Crippen molar-refractivity contribution < 1.29 is 13.6 Å². The van der Waals surface area contributed by atoms with E-state index in [0.29, 0.717) is 11.9 Å². The van der Waals surface area contributed by atoms with Crippen molar-refractivity contribution in [2.75, 3.05) is 5.32 Å². The number of hydrogen-bond acceptors (Lipinski definition) is 3. The third-order valence-electron chi connectivity index (χ3n) is 1.95. The van der Waals surface area contributed by atoms with Crippen LogP contribution in [0.1, 0.15) is 16.2 Å². The van der Waals surface area contributed by atoms with Gasteiger partial charge in [0.05, 0.1) is 0 Å². The minimum Gasteiger partial charge on any atom is -0.289 e. The zero-order chi connectivity index (χ0) is 12.4. The fourth-order valence-corrected chi connectivity index (χ4v) is 1.26. The molecule has 1 aromatic heterocycles. The normalized spacial score (nSPS) is 10.3. The van der Waals surface area contributed by atoms with Gasteiger partial charge in [-0.1, -0.05) is 0 Å². The largest absolute Gasteiger partial charge is 0.289 e. The van der Waals surface area contributed by atoms with Gasteiger partial charge in [-0.15, -0.1) is 5.10 Å². The van der Waals surface area contributed by atoms with E-state index >= 15 is 0 Å². The first-order chi connectivity index (χ1) is 8.04. The molecular weight excluding hydrogens is 230 g/mol. The van der Waals surface area contributed by atoms with Crippen LogP contribution in [0.25, 0.3) is 0 Å². The number of nitrogens with zero attached hydrogens (tertiary/aromatic N) is 2. The summed E-state index contributed by atoms with van der Waals surface area (Å²) in [6, 6.07) is 2.55. The van der Waals surface area contributed by atoms with E-state index < -0.39 is 17.5 Å². The Morgan fingerprint density at radius 2 is 1.94 bits per heavy atom. The quantitative estimate of drug-likeness (QED) is 0.835. The number of hydrogen-bond donors (Lipinski definition) is 2. The van der Waals surface area contributed by atoms with Crippen molar-refractivity contribution in [2.24, 2.45) is 0 Å². The Bertz CT molecular complexity index is 547. The van der Waals surface area contributed by atoms with Gasteiger partial charge < -0.3 is 0 Å². The molecule has 1 aromatic carbocycles. The Balaban J connectivity index is 2.19. The summed E-state index contributed by atoms with van der Waals surface area (Å²) in [6.07, 6.45) is 0. The first-order valence-corrected chi connectivity index (χ1v) is 4.71. The molecule has 0 radical (unpaired) electrons. The van der Waals surface area contributed by atoms with Crippen LogP contribution in [0.3, 0.4) is 0 Å². The Kier molecular flexibility index (Phi) is 2.82. The topological polar surface area (TPSA) is 70.7 Å². The van der Waals surface area contributed by atoms with Gasteiger partial charge >= 0.3 is 0 Å². The number of amides is 1. The highest BCUT2D eigenvalue weighted by Crippen LogP contribution is 2.09. The zero-order valence-corrected chi connectivity index (χ0v) is 8.79. The number of anilines is 1. The number of nitrogens with one attached hydrogen (secondary N) is 2. The molecule has 0 spiro atoms. The zero-order valence-electron chi connectivity index (χ0n) is 8.79. The van der Waals surface area contributed by atoms with Crippen LogP contribution < -0.4 is 5.32 Å². The maximum absolute atomic E-state index is 12.9. The fourth-order valence-electron chi connectivity index (χ4n) is 1.26. The van der Waals surface area contributed by atoms with Gasteiger partial charge in [0.25, 0.3) is 5.91 Å². The predicted molar refractivity (Wildman–Crippen MR) is 55.4 cm³/mol. The third-order valence-corrected chi connectivity index (χ3v) is 1.95. The second-order valence-electron chi connectivity index (χ2n) is 3.36. The maximum atomic E-state index is 12.9. The van der Waals surface area contributed by atoms with Crippen molar-refractivity contribution in [2.45, 2.75) is 6.92 Å². The summed E-state index contributed by atoms with van der Waals surface area (Å²) in [5, 5.41) is 8.50. The number of aromatic amines is 1. The smallest absolute Gasteiger partial charge is 0.258 e. The van der Waals surface area contributed by atoms with Gasteiger partial charge in [0.1, 0.15) is 17.5 Å². The average molecular weight is 238 g/mol. The molecule has 1 amide bonds. The Morgan fingerprint density at radius 3 is 2.47 bits per heavy atom. The molecule has 17 heavy (non-hydrogen) atoms. The highest BCUT2D eigenvalue weighted by Gasteiger charge is 2.11. The molecule has 0 unspecified atom stereocenters. The van der Waals surface area contributed by atoms with E-state index in [1.54, 1.807) is 6.92 Å². The standard InChI is InChI=1S/C10H8F2N4O/c1-5-13-10(16-15-5)14-9(17)6-2-7(11)4-8(12)3-6/h2-4H,1H3,(H2,13,14,15,16,17). The van der Waals surface area contributed by atoms with E-state index in [0.717, 1.165) is 12.1 Å². The van der Waals surface area contributed by atoms with Crippen LogP contribution >= 0.6 is 0 Å². The van der Waals surface area contributed by atoms with Crippen LogP contribution in [0, 0.1) is 18.6 Å². The molecule has 2 N–H and O–H groups in total. The fraction of sp³-hybridized carbons (Fsp3) is 0.100. The average Bonchev–Trinajstić information content (AvgIpc) is 2.62. The number of rotatable bonds is 2. The molecule has 0 fully saturated rings. The van der Waals surface area contributed by atoms with Crippen molar-refractivity contribution >= 4 is 11.9 Å².